The summed E-state index contributed by atoms with van der Waals surface area (Å²) in [4.78, 5) is 0. The fraction of sp³-hybridized carbons (Fsp3) is 1.00. The normalized spacial score (nSPS) is 47.7. The minimum Gasteiger partial charge on any atom is -0.376 e. The van der Waals surface area contributed by atoms with Crippen molar-refractivity contribution in [2.24, 2.45) is 5.73 Å². The second-order valence-electron chi connectivity index (χ2n) is 3.42. The van der Waals surface area contributed by atoms with Crippen molar-refractivity contribution in [1.82, 2.24) is 0 Å². The Hall–Kier alpha value is -0.220. The van der Waals surface area contributed by atoms with Crippen LogP contribution in [0.15, 0.2) is 0 Å². The summed E-state index contributed by atoms with van der Waals surface area (Å²) in [5.74, 6) is -2.68. The quantitative estimate of drug-likeness (QED) is 0.623. The van der Waals surface area contributed by atoms with E-state index in [9.17, 15) is 8.78 Å². The van der Waals surface area contributed by atoms with Crippen LogP contribution in [0.25, 0.3) is 0 Å². The van der Waals surface area contributed by atoms with E-state index in [0.717, 1.165) is 6.42 Å². The molecule has 64 valence electrons. The maximum absolute atomic E-state index is 12.6. The number of alkyl halides is 2. The number of halogens is 2. The Morgan fingerprint density at radius 2 is 2.09 bits per heavy atom. The summed E-state index contributed by atoms with van der Waals surface area (Å²) in [6.45, 7) is 0.583. The minimum atomic E-state index is -2.68. The molecule has 0 aromatic rings. The molecule has 4 heteroatoms. The van der Waals surface area contributed by atoms with Crippen molar-refractivity contribution in [2.45, 2.75) is 36.8 Å². The first-order chi connectivity index (χ1) is 5.06. The lowest BCUT2D eigenvalue weighted by Crippen LogP contribution is -2.42. The Balaban J connectivity index is 2.06. The molecule has 2 rings (SSSR count). The molecule has 2 N–H and O–H groups in total. The Kier molecular flexibility index (Phi) is 1.30. The fourth-order valence-corrected chi connectivity index (χ4v) is 1.66. The van der Waals surface area contributed by atoms with Crippen LogP contribution in [0.5, 0.6) is 0 Å². The highest BCUT2D eigenvalue weighted by molar-refractivity contribution is 5.20. The second kappa shape index (κ2) is 1.93. The Labute approximate surface area is 63.7 Å². The van der Waals surface area contributed by atoms with Gasteiger partial charge in [-0.3, -0.25) is 0 Å². The van der Waals surface area contributed by atoms with Crippen LogP contribution >= 0.6 is 0 Å². The summed E-state index contributed by atoms with van der Waals surface area (Å²) in [5.41, 5.74) is 4.12. The third-order valence-corrected chi connectivity index (χ3v) is 2.57. The molecule has 1 aliphatic carbocycles. The second-order valence-corrected chi connectivity index (χ2v) is 3.42. The number of nitrogens with two attached hydrogens (primary N) is 1. The average Bonchev–Trinajstić information content (AvgIpc) is 2.36. The van der Waals surface area contributed by atoms with Gasteiger partial charge >= 0.3 is 0 Å². The average molecular weight is 163 g/mol. The summed E-state index contributed by atoms with van der Waals surface area (Å²) < 4.78 is 30.4. The lowest BCUT2D eigenvalue weighted by Gasteiger charge is -2.17. The third kappa shape index (κ3) is 0.891. The van der Waals surface area contributed by atoms with E-state index in [0.29, 0.717) is 13.0 Å². The monoisotopic (exact) mass is 163 g/mol. The molecule has 2 fully saturated rings. The smallest absolute Gasteiger partial charge is 0.270 e. The zero-order valence-electron chi connectivity index (χ0n) is 6.15. The van der Waals surface area contributed by atoms with Crippen LogP contribution in [-0.4, -0.2) is 24.2 Å². The lowest BCUT2D eigenvalue weighted by atomic mass is 10.1. The first-order valence-corrected chi connectivity index (χ1v) is 3.85. The van der Waals surface area contributed by atoms with Crippen LogP contribution in [0.3, 0.4) is 0 Å². The topological polar surface area (TPSA) is 35.2 Å². The van der Waals surface area contributed by atoms with Gasteiger partial charge in [0, 0.05) is 13.0 Å². The van der Waals surface area contributed by atoms with Gasteiger partial charge in [-0.15, -0.1) is 0 Å². The summed E-state index contributed by atoms with van der Waals surface area (Å²) in [6.07, 6.45) is 0.939. The van der Waals surface area contributed by atoms with Crippen LogP contribution in [0.4, 0.5) is 8.78 Å². The van der Waals surface area contributed by atoms with Gasteiger partial charge in [-0.1, -0.05) is 0 Å². The van der Waals surface area contributed by atoms with E-state index in [4.69, 9.17) is 10.5 Å². The van der Waals surface area contributed by atoms with E-state index in [2.05, 4.69) is 0 Å². The Bertz CT molecular complexity index is 179. The molecule has 0 aromatic carbocycles. The number of hydrogen-bond donors (Lipinski definition) is 1. The highest BCUT2D eigenvalue weighted by Crippen LogP contribution is 2.55. The maximum Gasteiger partial charge on any atom is 0.270 e. The van der Waals surface area contributed by atoms with E-state index in [1.165, 1.54) is 0 Å². The third-order valence-electron chi connectivity index (χ3n) is 2.57. The molecule has 2 atom stereocenters. The van der Waals surface area contributed by atoms with Crippen LogP contribution < -0.4 is 5.73 Å². The van der Waals surface area contributed by atoms with Crippen LogP contribution in [0.2, 0.25) is 0 Å². The molecular formula is C7H11F2NO. The first-order valence-electron chi connectivity index (χ1n) is 3.85. The molecule has 0 bridgehead atoms. The van der Waals surface area contributed by atoms with Gasteiger partial charge in [0.2, 0.25) is 0 Å². The van der Waals surface area contributed by atoms with Gasteiger partial charge in [0.1, 0.15) is 5.54 Å². The van der Waals surface area contributed by atoms with Gasteiger partial charge in [-0.05, 0) is 12.8 Å². The number of ether oxygens (including phenoxy) is 1. The van der Waals surface area contributed by atoms with E-state index in [-0.39, 0.29) is 6.42 Å². The molecule has 2 aliphatic rings. The molecule has 1 saturated heterocycles. The molecule has 0 aromatic heterocycles. The summed E-state index contributed by atoms with van der Waals surface area (Å²) in [5, 5.41) is 0. The molecule has 1 aliphatic heterocycles. The van der Waals surface area contributed by atoms with Crippen molar-refractivity contribution in [1.29, 1.82) is 0 Å². The van der Waals surface area contributed by atoms with E-state index in [1.54, 1.807) is 0 Å². The van der Waals surface area contributed by atoms with Crippen molar-refractivity contribution in [3.05, 3.63) is 0 Å². The van der Waals surface area contributed by atoms with Gasteiger partial charge in [-0.25, -0.2) is 8.78 Å². The molecule has 2 nitrogen and oxygen atoms in total. The number of rotatable bonds is 1. The largest absolute Gasteiger partial charge is 0.376 e. The SMILES string of the molecule is NC1(C2CCCO2)CC1(F)F. The molecule has 11 heavy (non-hydrogen) atoms. The molecule has 2 unspecified atom stereocenters. The molecule has 1 saturated carbocycles. The number of hydrogen-bond acceptors (Lipinski definition) is 2. The van der Waals surface area contributed by atoms with Crippen molar-refractivity contribution in [2.75, 3.05) is 6.61 Å². The van der Waals surface area contributed by atoms with Crippen LogP contribution in [0, 0.1) is 0 Å². The molecule has 0 amide bonds. The first kappa shape index (κ1) is 7.43. The summed E-state index contributed by atoms with van der Waals surface area (Å²) in [7, 11) is 0. The highest BCUT2D eigenvalue weighted by atomic mass is 19.3. The van der Waals surface area contributed by atoms with Crippen molar-refractivity contribution in [3.63, 3.8) is 0 Å². The van der Waals surface area contributed by atoms with Crippen molar-refractivity contribution in [3.8, 4) is 0 Å². The fourth-order valence-electron chi connectivity index (χ4n) is 1.66. The van der Waals surface area contributed by atoms with Crippen molar-refractivity contribution >= 4 is 0 Å². The maximum atomic E-state index is 12.6. The van der Waals surface area contributed by atoms with E-state index >= 15 is 0 Å². The highest BCUT2D eigenvalue weighted by Gasteiger charge is 2.73. The molecule has 0 spiro atoms. The van der Waals surface area contributed by atoms with Gasteiger partial charge in [0.25, 0.3) is 5.92 Å². The standard InChI is InChI=1S/C7H11F2NO/c8-7(9)4-6(7,10)5-2-1-3-11-5/h5H,1-4,10H2. The van der Waals surface area contributed by atoms with Crippen LogP contribution in [-0.2, 0) is 4.74 Å². The van der Waals surface area contributed by atoms with Gasteiger partial charge < -0.3 is 10.5 Å². The zero-order chi connectivity index (χ0) is 8.11. The zero-order valence-corrected chi connectivity index (χ0v) is 6.15. The van der Waals surface area contributed by atoms with E-state index in [1.807, 2.05) is 0 Å². The van der Waals surface area contributed by atoms with Crippen molar-refractivity contribution < 1.29 is 13.5 Å². The molecule has 0 radical (unpaired) electrons. The predicted molar refractivity (Wildman–Crippen MR) is 35.5 cm³/mol. The minimum absolute atomic E-state index is 0.204. The molecular weight excluding hydrogens is 152 g/mol. The molecule has 1 heterocycles. The van der Waals surface area contributed by atoms with Gasteiger partial charge in [-0.2, -0.15) is 0 Å². The summed E-state index contributed by atoms with van der Waals surface area (Å²) in [6, 6.07) is 0. The van der Waals surface area contributed by atoms with Gasteiger partial charge in [0.15, 0.2) is 0 Å². The van der Waals surface area contributed by atoms with E-state index < -0.39 is 17.6 Å². The summed E-state index contributed by atoms with van der Waals surface area (Å²) >= 11 is 0. The lowest BCUT2D eigenvalue weighted by molar-refractivity contribution is 0.0165. The Morgan fingerprint density at radius 1 is 1.45 bits per heavy atom. The Morgan fingerprint density at radius 3 is 2.45 bits per heavy atom. The van der Waals surface area contributed by atoms with Gasteiger partial charge in [0.05, 0.1) is 6.10 Å². The van der Waals surface area contributed by atoms with Crippen LogP contribution in [0.1, 0.15) is 19.3 Å². The predicted octanol–water partition coefficient (Wildman–Crippen LogP) is 0.902.